The lowest BCUT2D eigenvalue weighted by molar-refractivity contribution is 0.239. The number of hydrogen-bond donors (Lipinski definition) is 2. The highest BCUT2D eigenvalue weighted by Crippen LogP contribution is 2.28. The van der Waals surface area contributed by atoms with Crippen LogP contribution in [0.2, 0.25) is 0 Å². The fraction of sp³-hybridized carbons (Fsp3) is 0.200. The van der Waals surface area contributed by atoms with Gasteiger partial charge in [0.05, 0.1) is 11.6 Å². The Morgan fingerprint density at radius 1 is 1.60 bits per heavy atom. The molecule has 2 N–H and O–H groups in total. The van der Waals surface area contributed by atoms with Crippen LogP contribution in [-0.2, 0) is 0 Å². The number of nitrogens with zero attached hydrogens (tertiary/aromatic N) is 1. The van der Waals surface area contributed by atoms with Crippen molar-refractivity contribution in [1.29, 1.82) is 5.26 Å². The molecule has 1 aromatic rings. The summed E-state index contributed by atoms with van der Waals surface area (Å²) in [7, 11) is 0. The first kappa shape index (κ1) is 9.74. The highest BCUT2D eigenvalue weighted by atomic mass is 32.1. The van der Waals surface area contributed by atoms with Crippen LogP contribution in [0, 0.1) is 11.3 Å². The quantitative estimate of drug-likeness (QED) is 0.757. The van der Waals surface area contributed by atoms with Crippen LogP contribution in [0.15, 0.2) is 28.8 Å². The molecule has 1 aliphatic heterocycles. The summed E-state index contributed by atoms with van der Waals surface area (Å²) in [5.41, 5.74) is 1.19. The van der Waals surface area contributed by atoms with E-state index < -0.39 is 0 Å². The molecule has 15 heavy (non-hydrogen) atoms. The van der Waals surface area contributed by atoms with Crippen LogP contribution in [0.1, 0.15) is 17.8 Å². The van der Waals surface area contributed by atoms with Crippen molar-refractivity contribution >= 4 is 17.4 Å². The molecule has 76 valence electrons. The van der Waals surface area contributed by atoms with Crippen molar-refractivity contribution in [3.8, 4) is 6.07 Å². The van der Waals surface area contributed by atoms with Gasteiger partial charge < -0.3 is 10.6 Å². The molecule has 1 aliphatic rings. The van der Waals surface area contributed by atoms with Crippen LogP contribution in [0.4, 0.5) is 4.79 Å². The Kier molecular flexibility index (Phi) is 2.44. The maximum atomic E-state index is 11.3. The van der Waals surface area contributed by atoms with Crippen LogP contribution in [0.25, 0.3) is 0 Å². The zero-order valence-electron chi connectivity index (χ0n) is 8.07. The molecule has 0 saturated heterocycles. The van der Waals surface area contributed by atoms with Crippen molar-refractivity contribution in [3.05, 3.63) is 33.7 Å². The largest absolute Gasteiger partial charge is 0.325 e. The van der Waals surface area contributed by atoms with Crippen molar-refractivity contribution in [3.63, 3.8) is 0 Å². The van der Waals surface area contributed by atoms with Gasteiger partial charge in [-0.1, -0.05) is 6.07 Å². The van der Waals surface area contributed by atoms with Crippen molar-refractivity contribution in [2.75, 3.05) is 0 Å². The summed E-state index contributed by atoms with van der Waals surface area (Å²) in [6.07, 6.45) is 0. The van der Waals surface area contributed by atoms with Crippen LogP contribution in [-0.4, -0.2) is 6.03 Å². The van der Waals surface area contributed by atoms with E-state index in [2.05, 4.69) is 16.7 Å². The molecule has 0 saturated carbocycles. The minimum atomic E-state index is -0.302. The molecule has 2 rings (SSSR count). The number of nitriles is 1. The number of carbonyl (C=O) groups is 1. The average molecular weight is 219 g/mol. The van der Waals surface area contributed by atoms with Crippen molar-refractivity contribution in [1.82, 2.24) is 10.6 Å². The van der Waals surface area contributed by atoms with Crippen molar-refractivity contribution in [2.24, 2.45) is 0 Å². The van der Waals surface area contributed by atoms with E-state index in [-0.39, 0.29) is 12.1 Å². The highest BCUT2D eigenvalue weighted by molar-refractivity contribution is 7.10. The van der Waals surface area contributed by atoms with Gasteiger partial charge in [0, 0.05) is 10.6 Å². The lowest BCUT2D eigenvalue weighted by atomic mass is 10.0. The lowest BCUT2D eigenvalue weighted by Gasteiger charge is -2.24. The predicted octanol–water partition coefficient (Wildman–Crippen LogP) is 1.90. The smallest absolute Gasteiger partial charge is 0.319 e. The summed E-state index contributed by atoms with van der Waals surface area (Å²) < 4.78 is 0. The fourth-order valence-corrected chi connectivity index (χ4v) is 2.30. The molecule has 0 aliphatic carbocycles. The van der Waals surface area contributed by atoms with Gasteiger partial charge in [0.1, 0.15) is 6.04 Å². The molecule has 1 aromatic heterocycles. The zero-order valence-corrected chi connectivity index (χ0v) is 8.89. The Hall–Kier alpha value is -1.80. The Morgan fingerprint density at radius 3 is 3.00 bits per heavy atom. The maximum absolute atomic E-state index is 11.3. The van der Waals surface area contributed by atoms with Gasteiger partial charge in [-0.3, -0.25) is 0 Å². The SMILES string of the molecule is CC1=C(C#N)C(c2cccs2)NC(=O)N1. The van der Waals surface area contributed by atoms with Gasteiger partial charge in [-0.05, 0) is 18.4 Å². The fourth-order valence-electron chi connectivity index (χ4n) is 1.51. The number of carbonyl (C=O) groups excluding carboxylic acids is 1. The molecule has 0 bridgehead atoms. The molecule has 5 heteroatoms. The third kappa shape index (κ3) is 1.72. The summed E-state index contributed by atoms with van der Waals surface area (Å²) >= 11 is 1.52. The van der Waals surface area contributed by atoms with E-state index in [1.54, 1.807) is 6.92 Å². The molecule has 0 aromatic carbocycles. The second-order valence-electron chi connectivity index (χ2n) is 3.20. The van der Waals surface area contributed by atoms with Crippen LogP contribution >= 0.6 is 11.3 Å². The summed E-state index contributed by atoms with van der Waals surface area (Å²) in [6, 6.07) is 5.37. The molecule has 0 fully saturated rings. The molecule has 1 unspecified atom stereocenters. The third-order valence-electron chi connectivity index (χ3n) is 2.22. The number of nitrogens with one attached hydrogen (secondary N) is 2. The minimum Gasteiger partial charge on any atom is -0.325 e. The van der Waals surface area contributed by atoms with E-state index in [0.29, 0.717) is 11.3 Å². The Bertz CT molecular complexity index is 456. The first-order valence-corrected chi connectivity index (χ1v) is 5.32. The Morgan fingerprint density at radius 2 is 2.40 bits per heavy atom. The molecule has 1 atom stereocenters. The lowest BCUT2D eigenvalue weighted by Crippen LogP contribution is -2.42. The number of thiophene rings is 1. The van der Waals surface area contributed by atoms with Gasteiger partial charge in [0.2, 0.25) is 0 Å². The predicted molar refractivity (Wildman–Crippen MR) is 57.0 cm³/mol. The van der Waals surface area contributed by atoms with Gasteiger partial charge in [0.25, 0.3) is 0 Å². The molecule has 2 heterocycles. The molecule has 4 nitrogen and oxygen atoms in total. The van der Waals surface area contributed by atoms with Gasteiger partial charge in [-0.15, -0.1) is 11.3 Å². The van der Waals surface area contributed by atoms with E-state index in [9.17, 15) is 4.79 Å². The minimum absolute atomic E-state index is 0.259. The summed E-state index contributed by atoms with van der Waals surface area (Å²) in [5, 5.41) is 16.3. The summed E-state index contributed by atoms with van der Waals surface area (Å²) in [6.45, 7) is 1.73. The van der Waals surface area contributed by atoms with E-state index in [0.717, 1.165) is 4.88 Å². The average Bonchev–Trinajstić information content (AvgIpc) is 2.69. The number of hydrogen-bond acceptors (Lipinski definition) is 3. The maximum Gasteiger partial charge on any atom is 0.319 e. The number of urea groups is 1. The van der Waals surface area contributed by atoms with Crippen LogP contribution < -0.4 is 10.6 Å². The molecule has 2 amide bonds. The number of amides is 2. The highest BCUT2D eigenvalue weighted by Gasteiger charge is 2.26. The molecular formula is C10H9N3OS. The van der Waals surface area contributed by atoms with Gasteiger partial charge in [-0.2, -0.15) is 5.26 Å². The molecular weight excluding hydrogens is 210 g/mol. The first-order chi connectivity index (χ1) is 7.22. The van der Waals surface area contributed by atoms with Gasteiger partial charge in [-0.25, -0.2) is 4.79 Å². The van der Waals surface area contributed by atoms with Crippen LogP contribution in [0.3, 0.4) is 0 Å². The van der Waals surface area contributed by atoms with Gasteiger partial charge in [0.15, 0.2) is 0 Å². The van der Waals surface area contributed by atoms with Gasteiger partial charge >= 0.3 is 6.03 Å². The molecule has 0 radical (unpaired) electrons. The topological polar surface area (TPSA) is 64.9 Å². The Balaban J connectivity index is 2.43. The van der Waals surface area contributed by atoms with E-state index in [1.807, 2.05) is 17.5 Å². The first-order valence-electron chi connectivity index (χ1n) is 4.44. The third-order valence-corrected chi connectivity index (χ3v) is 3.15. The second-order valence-corrected chi connectivity index (χ2v) is 4.18. The zero-order chi connectivity index (χ0) is 10.8. The normalized spacial score (nSPS) is 20.5. The van der Waals surface area contributed by atoms with E-state index in [1.165, 1.54) is 11.3 Å². The van der Waals surface area contributed by atoms with E-state index in [4.69, 9.17) is 5.26 Å². The van der Waals surface area contributed by atoms with E-state index >= 15 is 0 Å². The monoisotopic (exact) mass is 219 g/mol. The Labute approximate surface area is 91.2 Å². The molecule has 0 spiro atoms. The van der Waals surface area contributed by atoms with Crippen molar-refractivity contribution in [2.45, 2.75) is 13.0 Å². The van der Waals surface area contributed by atoms with Crippen LogP contribution in [0.5, 0.6) is 0 Å². The summed E-state index contributed by atoms with van der Waals surface area (Å²) in [4.78, 5) is 12.3. The summed E-state index contributed by atoms with van der Waals surface area (Å²) in [5.74, 6) is 0. The van der Waals surface area contributed by atoms with Crippen molar-refractivity contribution < 1.29 is 4.79 Å². The number of rotatable bonds is 1. The number of allylic oxidation sites excluding steroid dienone is 1. The standard InChI is InChI=1S/C10H9N3OS/c1-6-7(5-11)9(13-10(14)12-6)8-3-2-4-15-8/h2-4,9H,1H3,(H2,12,13,14). The second kappa shape index (κ2) is 3.75.